The molecule has 1 saturated carbocycles. The van der Waals surface area contributed by atoms with Crippen molar-refractivity contribution < 1.29 is 53.0 Å². The predicted molar refractivity (Wildman–Crippen MR) is 357 cm³/mol. The van der Waals surface area contributed by atoms with Crippen LogP contribution in [-0.2, 0) is 56.0 Å². The lowest BCUT2D eigenvalue weighted by Gasteiger charge is -2.28. The third kappa shape index (κ3) is 31.6. The largest absolute Gasteiger partial charge is 0.508 e. The van der Waals surface area contributed by atoms with E-state index in [2.05, 4.69) is 52.2 Å². The Balaban J connectivity index is 2.13. The number of carbonyl (C=O) groups excluding carboxylic acids is 9. The van der Waals surface area contributed by atoms with Gasteiger partial charge in [0.1, 0.15) is 53.8 Å². The van der Waals surface area contributed by atoms with Crippen LogP contribution in [0.4, 0.5) is 0 Å². The summed E-state index contributed by atoms with van der Waals surface area (Å²) in [6.45, 7) is 1.11. The third-order valence-electron chi connectivity index (χ3n) is 15.6. The number of nitrogens with zero attached hydrogens (tertiary/aromatic N) is 3. The average Bonchev–Trinajstić information content (AvgIpc) is 0.899. The van der Waals surface area contributed by atoms with Crippen LogP contribution in [0, 0.1) is 5.92 Å². The Kier molecular flexibility index (Phi) is 37.0. The Morgan fingerprint density at radius 2 is 0.745 bits per heavy atom. The van der Waals surface area contributed by atoms with Crippen LogP contribution in [0.1, 0.15) is 133 Å². The number of primary amides is 1. The van der Waals surface area contributed by atoms with Crippen molar-refractivity contribution in [1.29, 1.82) is 0 Å². The molecule has 0 bridgehead atoms. The monoisotopic (exact) mass is 1320 g/mol. The van der Waals surface area contributed by atoms with Crippen LogP contribution < -0.4 is 111 Å². The van der Waals surface area contributed by atoms with Gasteiger partial charge in [-0.1, -0.05) is 24.3 Å². The summed E-state index contributed by atoms with van der Waals surface area (Å²) in [5, 5.41) is 29.3. The molecule has 8 amide bonds. The molecule has 1 fully saturated rings. The van der Waals surface area contributed by atoms with Gasteiger partial charge >= 0.3 is 5.97 Å². The molecule has 0 radical (unpaired) electrons. The van der Waals surface area contributed by atoms with Gasteiger partial charge in [0.2, 0.25) is 47.3 Å². The number of hydrogen-bond acceptors (Lipinski definition) is 19. The molecular formula is C61H104N22O11. The number of aliphatic imine (C=N–C) groups is 3. The minimum atomic E-state index is -1.56. The molecule has 3 rings (SSSR count). The number of nitrogens with two attached hydrogens (primary N) is 12. The van der Waals surface area contributed by atoms with Crippen LogP contribution in [0.25, 0.3) is 0 Å². The van der Waals surface area contributed by atoms with Gasteiger partial charge < -0.3 is 116 Å². The number of ether oxygens (including phenoxy) is 1. The topological polar surface area (TPSA) is 617 Å². The highest BCUT2D eigenvalue weighted by molar-refractivity contribution is 5.98. The molecule has 0 heterocycles. The van der Waals surface area contributed by atoms with Gasteiger partial charge in [-0.15, -0.1) is 0 Å². The van der Waals surface area contributed by atoms with Crippen molar-refractivity contribution in [2.24, 2.45) is 89.7 Å². The van der Waals surface area contributed by atoms with Gasteiger partial charge in [-0.2, -0.15) is 0 Å². The van der Waals surface area contributed by atoms with Crippen molar-refractivity contribution in [1.82, 2.24) is 37.2 Å². The number of carbonyl (C=O) groups is 9. The first-order valence-corrected chi connectivity index (χ1v) is 32.1. The fourth-order valence-electron chi connectivity index (χ4n) is 10.2. The number of phenolic OH excluding ortho intramolecular Hbond substituents is 1. The molecule has 2 aromatic carbocycles. The molecule has 0 unspecified atom stereocenters. The number of hydrogen-bond donors (Lipinski definition) is 20. The Hall–Kier alpha value is -8.92. The highest BCUT2D eigenvalue weighted by atomic mass is 16.5. The predicted octanol–water partition coefficient (Wildman–Crippen LogP) is -4.65. The Labute approximate surface area is 548 Å². The summed E-state index contributed by atoms with van der Waals surface area (Å²) in [6.07, 6.45) is 5.48. The number of esters is 1. The summed E-state index contributed by atoms with van der Waals surface area (Å²) in [7, 11) is 0. The molecule has 8 atom stereocenters. The maximum Gasteiger partial charge on any atom is 0.314 e. The fourth-order valence-corrected chi connectivity index (χ4v) is 10.2. The van der Waals surface area contributed by atoms with Gasteiger partial charge in [0.05, 0.1) is 12.0 Å². The summed E-state index contributed by atoms with van der Waals surface area (Å²) in [6, 6.07) is 1.36. The summed E-state index contributed by atoms with van der Waals surface area (Å²) >= 11 is 0. The second-order valence-corrected chi connectivity index (χ2v) is 23.4. The van der Waals surface area contributed by atoms with Gasteiger partial charge in [-0.25, -0.2) is 0 Å². The highest BCUT2D eigenvalue weighted by Crippen LogP contribution is 2.26. The molecule has 33 heteroatoms. The van der Waals surface area contributed by atoms with Crippen molar-refractivity contribution in [2.75, 3.05) is 39.3 Å². The van der Waals surface area contributed by atoms with Crippen molar-refractivity contribution in [3.05, 3.63) is 59.7 Å². The zero-order valence-electron chi connectivity index (χ0n) is 53.8. The van der Waals surface area contributed by atoms with Gasteiger partial charge in [0.15, 0.2) is 17.9 Å². The van der Waals surface area contributed by atoms with E-state index in [1.807, 2.05) is 0 Å². The second kappa shape index (κ2) is 43.8. The van der Waals surface area contributed by atoms with Crippen LogP contribution in [0.5, 0.6) is 11.5 Å². The van der Waals surface area contributed by atoms with E-state index in [0.29, 0.717) is 94.8 Å². The number of rotatable bonds is 45. The van der Waals surface area contributed by atoms with Crippen molar-refractivity contribution in [3.63, 3.8) is 0 Å². The van der Waals surface area contributed by atoms with Crippen molar-refractivity contribution in [3.8, 4) is 11.5 Å². The van der Waals surface area contributed by atoms with Gasteiger partial charge in [-0.05, 0) is 177 Å². The maximum absolute atomic E-state index is 15.2. The number of guanidine groups is 3. The average molecular weight is 1320 g/mol. The molecule has 32 N–H and O–H groups in total. The molecule has 0 spiro atoms. The Morgan fingerprint density at radius 3 is 1.12 bits per heavy atom. The van der Waals surface area contributed by atoms with Crippen LogP contribution >= 0.6 is 0 Å². The molecule has 524 valence electrons. The van der Waals surface area contributed by atoms with Crippen LogP contribution in [0.15, 0.2) is 63.5 Å². The van der Waals surface area contributed by atoms with Crippen LogP contribution in [0.3, 0.4) is 0 Å². The molecule has 1 aliphatic rings. The van der Waals surface area contributed by atoms with Gasteiger partial charge in [0.25, 0.3) is 0 Å². The lowest BCUT2D eigenvalue weighted by atomic mass is 9.86. The summed E-state index contributed by atoms with van der Waals surface area (Å²) < 4.78 is 5.74. The van der Waals surface area contributed by atoms with E-state index in [9.17, 15) is 43.5 Å². The molecular weight excluding hydrogens is 1220 g/mol. The minimum absolute atomic E-state index is 0.00279. The first kappa shape index (κ1) is 79.3. The zero-order chi connectivity index (χ0) is 69.5. The molecule has 0 aliphatic heterocycles. The zero-order valence-corrected chi connectivity index (χ0v) is 53.8. The first-order valence-electron chi connectivity index (χ1n) is 32.1. The summed E-state index contributed by atoms with van der Waals surface area (Å²) in [5.41, 5.74) is 69.3. The lowest BCUT2D eigenvalue weighted by molar-refractivity contribution is -0.140. The fraction of sp³-hybridized carbons (Fsp3) is 0.607. The van der Waals surface area contributed by atoms with Crippen molar-refractivity contribution >= 4 is 71.1 Å². The van der Waals surface area contributed by atoms with Crippen LogP contribution in [0.2, 0.25) is 0 Å². The minimum Gasteiger partial charge on any atom is -0.508 e. The lowest BCUT2D eigenvalue weighted by Crippen LogP contribution is -2.60. The molecule has 2 aromatic rings. The SMILES string of the molecule is NCCCC[C@H](NC(=O)[C@H](CCCN=C(N)N)NC(=O)[C@H](CCCN=C(N)N)NC(=O)[C@H](Cc1ccc(O)cc1)NC(=O)[C@H](Cc1ccc(OC(=O)C2CCC(N)CC2)cc1)NC(=O)[C@H](CCCCN)NC(=O)[C@H](CCCCN)NC(=O)[C@@H](N)CCCN=C(N)N)C(N)=O. The normalized spacial score (nSPS) is 16.1. The van der Waals surface area contributed by atoms with Gasteiger partial charge in [0, 0.05) is 38.5 Å². The third-order valence-corrected chi connectivity index (χ3v) is 15.6. The number of phenols is 1. The molecule has 0 aromatic heterocycles. The molecule has 33 nitrogen and oxygen atoms in total. The highest BCUT2D eigenvalue weighted by Gasteiger charge is 2.35. The van der Waals surface area contributed by atoms with Gasteiger partial charge in [-0.3, -0.25) is 58.1 Å². The Bertz CT molecular complexity index is 2790. The van der Waals surface area contributed by atoms with Crippen molar-refractivity contribution in [2.45, 2.75) is 189 Å². The van der Waals surface area contributed by atoms with E-state index >= 15 is 4.79 Å². The number of benzene rings is 2. The smallest absolute Gasteiger partial charge is 0.314 e. The van der Waals surface area contributed by atoms with E-state index in [-0.39, 0.29) is 132 Å². The number of unbranched alkanes of at least 4 members (excludes halogenated alkanes) is 3. The number of aromatic hydroxyl groups is 1. The molecule has 1 aliphatic carbocycles. The number of amides is 8. The van der Waals surface area contributed by atoms with E-state index < -0.39 is 102 Å². The standard InChI is InChI=1S/C61H104N22O11/c62-28-4-1-11-43(50(67)85)77-52(87)46(14-8-32-75-60(70)71)80-54(89)47(15-9-33-76-61(72)73)81-56(91)48(34-36-16-24-40(84)25-17-36)83-57(92)49(35-37-18-26-41(27-19-37)94-58(93)38-20-22-39(65)23-21-38)82-55(90)45(13-3-6-30-64)79-53(88)44(12-2-5-29-63)78-51(86)42(66)10-7-31-74-59(68)69/h16-19,24-27,38-39,42-49,84H,1-15,20-23,28-35,62-66H2,(H2,67,85)(H,77,87)(H,78,86)(H,79,88)(H,80,89)(H,81,91)(H,82,90)(H,83,92)(H4,68,69,74)(H4,70,71,75)(H4,72,73,76)/t38?,39?,42-,43-,44-,45-,46-,47-,48-,49-/m0/s1. The summed E-state index contributed by atoms with van der Waals surface area (Å²) in [4.78, 5) is 139. The first-order chi connectivity index (χ1) is 44.8. The maximum atomic E-state index is 15.2. The second-order valence-electron chi connectivity index (χ2n) is 23.4. The van der Waals surface area contributed by atoms with E-state index in [1.54, 1.807) is 12.1 Å². The van der Waals surface area contributed by atoms with E-state index in [0.717, 1.165) is 0 Å². The van der Waals surface area contributed by atoms with E-state index in [1.165, 1.54) is 36.4 Å². The van der Waals surface area contributed by atoms with Crippen LogP contribution in [-0.4, -0.2) is 170 Å². The molecule has 94 heavy (non-hydrogen) atoms. The Morgan fingerprint density at radius 1 is 0.426 bits per heavy atom. The summed E-state index contributed by atoms with van der Waals surface area (Å²) in [5.74, 6) is -7.80. The molecule has 0 saturated heterocycles. The van der Waals surface area contributed by atoms with E-state index in [4.69, 9.17) is 73.5 Å². The quantitative estimate of drug-likeness (QED) is 0.00975. The number of nitrogens with one attached hydrogen (secondary N) is 7.